The summed E-state index contributed by atoms with van der Waals surface area (Å²) in [4.78, 5) is 15.8. The summed E-state index contributed by atoms with van der Waals surface area (Å²) >= 11 is 0. The van der Waals surface area contributed by atoms with Crippen LogP contribution in [0.2, 0.25) is 0 Å². The molecular weight excluding hydrogens is 242 g/mol. The number of carbonyl (C=O) groups is 1. The molecule has 0 aliphatic carbocycles. The molecule has 0 spiro atoms. The minimum Gasteiger partial charge on any atom is -0.350 e. The lowest BCUT2D eigenvalue weighted by Crippen LogP contribution is -2.37. The average Bonchev–Trinajstić information content (AvgIpc) is 2.98. The first-order valence-corrected chi connectivity index (χ1v) is 6.11. The van der Waals surface area contributed by atoms with Gasteiger partial charge in [-0.15, -0.1) is 0 Å². The standard InChI is InChI=1S/C13H17N5O/c1-10(14-2)7-16-13(19)11-3-5-12(6-4-11)18-9-15-8-17-18/h3-6,8-10,14H,7H2,1-2H3,(H,16,19). The van der Waals surface area contributed by atoms with Crippen molar-refractivity contribution >= 4 is 5.91 Å². The summed E-state index contributed by atoms with van der Waals surface area (Å²) in [5, 5.41) is 9.96. The first-order valence-electron chi connectivity index (χ1n) is 6.11. The molecule has 0 saturated carbocycles. The van der Waals surface area contributed by atoms with Gasteiger partial charge in [-0.25, -0.2) is 9.67 Å². The Labute approximate surface area is 111 Å². The molecule has 0 radical (unpaired) electrons. The third-order valence-electron chi connectivity index (χ3n) is 2.87. The Morgan fingerprint density at radius 1 is 1.37 bits per heavy atom. The molecule has 6 heteroatoms. The molecule has 0 saturated heterocycles. The van der Waals surface area contributed by atoms with Crippen molar-refractivity contribution in [1.82, 2.24) is 25.4 Å². The van der Waals surface area contributed by atoms with Crippen LogP contribution in [-0.2, 0) is 0 Å². The minimum atomic E-state index is -0.0766. The molecule has 19 heavy (non-hydrogen) atoms. The van der Waals surface area contributed by atoms with Crippen molar-refractivity contribution in [1.29, 1.82) is 0 Å². The number of hydrogen-bond acceptors (Lipinski definition) is 4. The quantitative estimate of drug-likeness (QED) is 0.825. The van der Waals surface area contributed by atoms with E-state index in [0.29, 0.717) is 12.1 Å². The van der Waals surface area contributed by atoms with Gasteiger partial charge in [0, 0.05) is 18.2 Å². The molecule has 1 aromatic heterocycles. The summed E-state index contributed by atoms with van der Waals surface area (Å²) in [6.45, 7) is 2.61. The predicted octanol–water partition coefficient (Wildman–Crippen LogP) is 0.605. The monoisotopic (exact) mass is 259 g/mol. The van der Waals surface area contributed by atoms with Gasteiger partial charge >= 0.3 is 0 Å². The predicted molar refractivity (Wildman–Crippen MR) is 72.2 cm³/mol. The van der Waals surface area contributed by atoms with Crippen molar-refractivity contribution in [3.63, 3.8) is 0 Å². The molecule has 1 atom stereocenters. The molecule has 1 heterocycles. The van der Waals surface area contributed by atoms with Gasteiger partial charge in [-0.2, -0.15) is 5.10 Å². The fourth-order valence-corrected chi connectivity index (χ4v) is 1.56. The van der Waals surface area contributed by atoms with E-state index in [2.05, 4.69) is 20.7 Å². The summed E-state index contributed by atoms with van der Waals surface area (Å²) in [6.07, 6.45) is 3.09. The third kappa shape index (κ3) is 3.38. The molecule has 6 nitrogen and oxygen atoms in total. The van der Waals surface area contributed by atoms with Crippen LogP contribution in [-0.4, -0.2) is 40.3 Å². The molecule has 1 aromatic carbocycles. The molecule has 1 amide bonds. The lowest BCUT2D eigenvalue weighted by Gasteiger charge is -2.11. The van der Waals surface area contributed by atoms with Crippen molar-refractivity contribution in [2.24, 2.45) is 0 Å². The summed E-state index contributed by atoms with van der Waals surface area (Å²) in [5.74, 6) is -0.0766. The van der Waals surface area contributed by atoms with E-state index in [9.17, 15) is 4.79 Å². The Morgan fingerprint density at radius 2 is 2.11 bits per heavy atom. The Morgan fingerprint density at radius 3 is 2.68 bits per heavy atom. The van der Waals surface area contributed by atoms with Crippen LogP contribution in [0.4, 0.5) is 0 Å². The maximum atomic E-state index is 11.9. The third-order valence-corrected chi connectivity index (χ3v) is 2.87. The number of amides is 1. The van der Waals surface area contributed by atoms with Gasteiger partial charge in [0.25, 0.3) is 5.91 Å². The van der Waals surface area contributed by atoms with Gasteiger partial charge < -0.3 is 10.6 Å². The highest BCUT2D eigenvalue weighted by Gasteiger charge is 2.07. The average molecular weight is 259 g/mol. The van der Waals surface area contributed by atoms with Gasteiger partial charge in [0.1, 0.15) is 12.7 Å². The van der Waals surface area contributed by atoms with Crippen molar-refractivity contribution < 1.29 is 4.79 Å². The molecule has 2 rings (SSSR count). The fraction of sp³-hybridized carbons (Fsp3) is 0.308. The van der Waals surface area contributed by atoms with E-state index < -0.39 is 0 Å². The molecular formula is C13H17N5O. The molecule has 100 valence electrons. The van der Waals surface area contributed by atoms with E-state index in [1.807, 2.05) is 26.1 Å². The molecule has 0 fully saturated rings. The van der Waals surface area contributed by atoms with Crippen LogP contribution in [0.25, 0.3) is 5.69 Å². The summed E-state index contributed by atoms with van der Waals surface area (Å²) in [6, 6.07) is 7.47. The molecule has 2 aromatic rings. The first kappa shape index (κ1) is 13.2. The van der Waals surface area contributed by atoms with Crippen LogP contribution in [0.3, 0.4) is 0 Å². The maximum absolute atomic E-state index is 11.9. The largest absolute Gasteiger partial charge is 0.350 e. The highest BCUT2D eigenvalue weighted by Crippen LogP contribution is 2.07. The van der Waals surface area contributed by atoms with E-state index in [1.165, 1.54) is 6.33 Å². The van der Waals surface area contributed by atoms with Crippen LogP contribution >= 0.6 is 0 Å². The Balaban J connectivity index is 2.00. The van der Waals surface area contributed by atoms with Crippen LogP contribution in [0, 0.1) is 0 Å². The van der Waals surface area contributed by atoms with E-state index in [4.69, 9.17) is 0 Å². The van der Waals surface area contributed by atoms with E-state index in [0.717, 1.165) is 5.69 Å². The lowest BCUT2D eigenvalue weighted by molar-refractivity contribution is 0.0950. The molecule has 1 unspecified atom stereocenters. The van der Waals surface area contributed by atoms with Crippen LogP contribution in [0.1, 0.15) is 17.3 Å². The normalized spacial score (nSPS) is 12.1. The second-order valence-corrected chi connectivity index (χ2v) is 4.29. The zero-order valence-electron chi connectivity index (χ0n) is 11.0. The highest BCUT2D eigenvalue weighted by atomic mass is 16.1. The zero-order chi connectivity index (χ0) is 13.7. The van der Waals surface area contributed by atoms with Crippen LogP contribution in [0.5, 0.6) is 0 Å². The topological polar surface area (TPSA) is 71.8 Å². The maximum Gasteiger partial charge on any atom is 0.251 e. The number of likely N-dealkylation sites (N-methyl/N-ethyl adjacent to an activating group) is 1. The highest BCUT2D eigenvalue weighted by molar-refractivity contribution is 5.94. The van der Waals surface area contributed by atoms with Crippen molar-refractivity contribution in [3.8, 4) is 5.69 Å². The van der Waals surface area contributed by atoms with E-state index in [1.54, 1.807) is 23.1 Å². The molecule has 2 N–H and O–H groups in total. The lowest BCUT2D eigenvalue weighted by atomic mass is 10.2. The molecule has 0 aliphatic rings. The number of hydrogen-bond donors (Lipinski definition) is 2. The minimum absolute atomic E-state index is 0.0766. The Hall–Kier alpha value is -2.21. The van der Waals surface area contributed by atoms with Gasteiger partial charge in [-0.05, 0) is 38.2 Å². The number of nitrogens with one attached hydrogen (secondary N) is 2. The van der Waals surface area contributed by atoms with Crippen LogP contribution in [0.15, 0.2) is 36.9 Å². The van der Waals surface area contributed by atoms with Gasteiger partial charge in [0.15, 0.2) is 0 Å². The SMILES string of the molecule is CNC(C)CNC(=O)c1ccc(-n2cncn2)cc1. The van der Waals surface area contributed by atoms with Crippen LogP contribution < -0.4 is 10.6 Å². The van der Waals surface area contributed by atoms with E-state index in [-0.39, 0.29) is 11.9 Å². The first-order chi connectivity index (χ1) is 9.20. The Kier molecular flexibility index (Phi) is 4.25. The van der Waals surface area contributed by atoms with Crippen molar-refractivity contribution in [2.75, 3.05) is 13.6 Å². The number of nitrogens with zero attached hydrogens (tertiary/aromatic N) is 3. The number of aromatic nitrogens is 3. The number of rotatable bonds is 5. The second-order valence-electron chi connectivity index (χ2n) is 4.29. The second kappa shape index (κ2) is 6.10. The van der Waals surface area contributed by atoms with Gasteiger partial charge in [0.05, 0.1) is 5.69 Å². The van der Waals surface area contributed by atoms with Gasteiger partial charge in [0.2, 0.25) is 0 Å². The van der Waals surface area contributed by atoms with E-state index >= 15 is 0 Å². The Bertz CT molecular complexity index is 520. The smallest absolute Gasteiger partial charge is 0.251 e. The summed E-state index contributed by atoms with van der Waals surface area (Å²) < 4.78 is 1.64. The number of carbonyl (C=O) groups excluding carboxylic acids is 1. The van der Waals surface area contributed by atoms with Gasteiger partial charge in [-0.1, -0.05) is 0 Å². The van der Waals surface area contributed by atoms with Crippen molar-refractivity contribution in [2.45, 2.75) is 13.0 Å². The van der Waals surface area contributed by atoms with Crippen molar-refractivity contribution in [3.05, 3.63) is 42.5 Å². The molecule has 0 aliphatic heterocycles. The van der Waals surface area contributed by atoms with Gasteiger partial charge in [-0.3, -0.25) is 4.79 Å². The molecule has 0 bridgehead atoms. The number of benzene rings is 1. The fourth-order valence-electron chi connectivity index (χ4n) is 1.56. The summed E-state index contributed by atoms with van der Waals surface area (Å²) in [5.41, 5.74) is 1.50. The summed E-state index contributed by atoms with van der Waals surface area (Å²) in [7, 11) is 1.86. The zero-order valence-corrected chi connectivity index (χ0v) is 11.0.